The first-order valence-electron chi connectivity index (χ1n) is 7.35. The van der Waals surface area contributed by atoms with E-state index in [-0.39, 0.29) is 5.91 Å². The Morgan fingerprint density at radius 2 is 1.95 bits per heavy atom. The van der Waals surface area contributed by atoms with Crippen LogP contribution in [0.5, 0.6) is 0 Å². The van der Waals surface area contributed by atoms with Gasteiger partial charge < -0.3 is 10.1 Å². The van der Waals surface area contributed by atoms with Crippen molar-refractivity contribution in [3.05, 3.63) is 45.7 Å². The molecule has 2 aromatic rings. The van der Waals surface area contributed by atoms with Crippen LogP contribution in [0.1, 0.15) is 38.8 Å². The minimum atomic E-state index is -0.543. The van der Waals surface area contributed by atoms with E-state index in [4.69, 9.17) is 4.74 Å². The fourth-order valence-corrected chi connectivity index (χ4v) is 3.73. The van der Waals surface area contributed by atoms with Gasteiger partial charge in [0.15, 0.2) is 5.82 Å². The minimum Gasteiger partial charge on any atom is -0.381 e. The van der Waals surface area contributed by atoms with E-state index in [0.29, 0.717) is 31.9 Å². The number of amides is 1. The molecule has 3 rings (SSSR count). The molecule has 22 heavy (non-hydrogen) atoms. The lowest BCUT2D eigenvalue weighted by Gasteiger charge is -2.36. The van der Waals surface area contributed by atoms with Crippen LogP contribution in [-0.4, -0.2) is 29.1 Å². The lowest BCUT2D eigenvalue weighted by molar-refractivity contribution is 0.0313. The highest BCUT2D eigenvalue weighted by atomic mass is 32.1. The van der Waals surface area contributed by atoms with Gasteiger partial charge in [-0.15, -0.1) is 11.3 Å². The maximum absolute atomic E-state index is 12.7. The third-order valence-electron chi connectivity index (χ3n) is 3.98. The number of thiophene rings is 1. The molecule has 1 aliphatic rings. The van der Waals surface area contributed by atoms with E-state index in [1.165, 1.54) is 0 Å². The summed E-state index contributed by atoms with van der Waals surface area (Å²) in [6, 6.07) is 3.72. The number of carbonyl (C=O) groups is 1. The van der Waals surface area contributed by atoms with E-state index in [0.717, 1.165) is 15.3 Å². The average molecular weight is 317 g/mol. The maximum Gasteiger partial charge on any atom is 0.253 e. The molecule has 0 spiro atoms. The Morgan fingerprint density at radius 1 is 1.27 bits per heavy atom. The van der Waals surface area contributed by atoms with Gasteiger partial charge in [-0.3, -0.25) is 4.79 Å². The highest BCUT2D eigenvalue weighted by molar-refractivity contribution is 7.12. The van der Waals surface area contributed by atoms with Crippen LogP contribution in [-0.2, 0) is 10.3 Å². The molecular formula is C16H19N3O2S. The second kappa shape index (κ2) is 6.14. The Hall–Kier alpha value is -1.79. The summed E-state index contributed by atoms with van der Waals surface area (Å²) in [4.78, 5) is 23.6. The van der Waals surface area contributed by atoms with Crippen LogP contribution >= 0.6 is 11.3 Å². The zero-order valence-electron chi connectivity index (χ0n) is 12.8. The lowest BCUT2D eigenvalue weighted by Crippen LogP contribution is -2.50. The number of nitrogens with zero attached hydrogens (tertiary/aromatic N) is 2. The van der Waals surface area contributed by atoms with E-state index >= 15 is 0 Å². The summed E-state index contributed by atoms with van der Waals surface area (Å²) in [5.41, 5.74) is 0.197. The van der Waals surface area contributed by atoms with Gasteiger partial charge in [-0.25, -0.2) is 9.97 Å². The lowest BCUT2D eigenvalue weighted by atomic mass is 9.88. The van der Waals surface area contributed by atoms with Gasteiger partial charge in [-0.1, -0.05) is 0 Å². The number of hydrogen-bond acceptors (Lipinski definition) is 5. The summed E-state index contributed by atoms with van der Waals surface area (Å²) in [6.45, 7) is 5.18. The second-order valence-corrected chi connectivity index (χ2v) is 7.01. The van der Waals surface area contributed by atoms with Crippen LogP contribution in [0, 0.1) is 13.8 Å². The van der Waals surface area contributed by atoms with Crippen molar-refractivity contribution >= 4 is 17.2 Å². The van der Waals surface area contributed by atoms with E-state index in [2.05, 4.69) is 15.3 Å². The zero-order chi connectivity index (χ0) is 15.6. The normalized spacial score (nSPS) is 17.2. The Labute approximate surface area is 133 Å². The highest BCUT2D eigenvalue weighted by Crippen LogP contribution is 2.31. The molecule has 3 heterocycles. The fourth-order valence-electron chi connectivity index (χ4n) is 2.81. The van der Waals surface area contributed by atoms with E-state index in [1.54, 1.807) is 29.8 Å². The van der Waals surface area contributed by atoms with Crippen molar-refractivity contribution in [2.24, 2.45) is 0 Å². The largest absolute Gasteiger partial charge is 0.381 e. The molecule has 1 saturated heterocycles. The SMILES string of the molecule is Cc1cc(C(=O)NC2(c3ncccn3)CCOCC2)c(C)s1. The number of aryl methyl sites for hydroxylation is 2. The monoisotopic (exact) mass is 317 g/mol. The average Bonchev–Trinajstić information content (AvgIpc) is 2.88. The Balaban J connectivity index is 1.91. The number of hydrogen-bond donors (Lipinski definition) is 1. The predicted octanol–water partition coefficient (Wildman–Crippen LogP) is 2.59. The molecule has 6 heteroatoms. The van der Waals surface area contributed by atoms with E-state index in [9.17, 15) is 4.79 Å². The molecule has 0 aliphatic carbocycles. The number of rotatable bonds is 3. The molecule has 0 aromatic carbocycles. The highest BCUT2D eigenvalue weighted by Gasteiger charge is 2.39. The standard InChI is InChI=1S/C16H19N3O2S/c1-11-10-13(12(2)22-11)14(20)19-16(4-8-21-9-5-16)15-17-6-3-7-18-15/h3,6-7,10H,4-5,8-9H2,1-2H3,(H,19,20). The van der Waals surface area contributed by atoms with Crippen molar-refractivity contribution in [1.82, 2.24) is 15.3 Å². The number of nitrogens with one attached hydrogen (secondary N) is 1. The molecule has 1 fully saturated rings. The van der Waals surface area contributed by atoms with Gasteiger partial charge in [0, 0.05) is 48.2 Å². The summed E-state index contributed by atoms with van der Waals surface area (Å²) < 4.78 is 5.46. The summed E-state index contributed by atoms with van der Waals surface area (Å²) in [5.74, 6) is 0.604. The molecule has 1 N–H and O–H groups in total. The van der Waals surface area contributed by atoms with Gasteiger partial charge in [0.25, 0.3) is 5.91 Å². The molecule has 0 unspecified atom stereocenters. The van der Waals surface area contributed by atoms with Crippen molar-refractivity contribution < 1.29 is 9.53 Å². The third kappa shape index (κ3) is 2.89. The second-order valence-electron chi connectivity index (χ2n) is 5.55. The molecule has 0 radical (unpaired) electrons. The summed E-state index contributed by atoms with van der Waals surface area (Å²) in [5, 5.41) is 3.18. The first kappa shape index (κ1) is 15.1. The van der Waals surface area contributed by atoms with Gasteiger partial charge in [-0.05, 0) is 26.0 Å². The predicted molar refractivity (Wildman–Crippen MR) is 85.0 cm³/mol. The molecule has 0 bridgehead atoms. The Morgan fingerprint density at radius 3 is 2.55 bits per heavy atom. The van der Waals surface area contributed by atoms with E-state index < -0.39 is 5.54 Å². The quantitative estimate of drug-likeness (QED) is 0.945. The molecule has 5 nitrogen and oxygen atoms in total. The smallest absolute Gasteiger partial charge is 0.253 e. The molecular weight excluding hydrogens is 298 g/mol. The number of carbonyl (C=O) groups excluding carboxylic acids is 1. The van der Waals surface area contributed by atoms with Crippen LogP contribution in [0.25, 0.3) is 0 Å². The Bertz CT molecular complexity index is 663. The van der Waals surface area contributed by atoms with Crippen LogP contribution in [0.4, 0.5) is 0 Å². The van der Waals surface area contributed by atoms with Crippen LogP contribution in [0.3, 0.4) is 0 Å². The molecule has 1 aliphatic heterocycles. The first-order valence-corrected chi connectivity index (χ1v) is 8.17. The molecule has 116 valence electrons. The van der Waals surface area contributed by atoms with Gasteiger partial charge in [0.1, 0.15) is 5.54 Å². The fraction of sp³-hybridized carbons (Fsp3) is 0.438. The van der Waals surface area contributed by atoms with Crippen LogP contribution < -0.4 is 5.32 Å². The van der Waals surface area contributed by atoms with Crippen LogP contribution in [0.2, 0.25) is 0 Å². The van der Waals surface area contributed by atoms with Gasteiger partial charge in [0.05, 0.1) is 5.56 Å². The molecule has 2 aromatic heterocycles. The Kier molecular flexibility index (Phi) is 4.22. The summed E-state index contributed by atoms with van der Waals surface area (Å²) in [6.07, 6.45) is 4.80. The zero-order valence-corrected chi connectivity index (χ0v) is 13.6. The van der Waals surface area contributed by atoms with Crippen LogP contribution in [0.15, 0.2) is 24.5 Å². The van der Waals surface area contributed by atoms with Crippen molar-refractivity contribution in [2.45, 2.75) is 32.2 Å². The van der Waals surface area contributed by atoms with Gasteiger partial charge in [-0.2, -0.15) is 0 Å². The van der Waals surface area contributed by atoms with Gasteiger partial charge in [0.2, 0.25) is 0 Å². The van der Waals surface area contributed by atoms with Crippen molar-refractivity contribution in [2.75, 3.05) is 13.2 Å². The number of ether oxygens (including phenoxy) is 1. The summed E-state index contributed by atoms with van der Waals surface area (Å²) >= 11 is 1.64. The van der Waals surface area contributed by atoms with E-state index in [1.807, 2.05) is 19.9 Å². The topological polar surface area (TPSA) is 64.1 Å². The molecule has 0 atom stereocenters. The minimum absolute atomic E-state index is 0.0591. The first-order chi connectivity index (χ1) is 10.6. The van der Waals surface area contributed by atoms with Crippen molar-refractivity contribution in [1.29, 1.82) is 0 Å². The maximum atomic E-state index is 12.7. The summed E-state index contributed by atoms with van der Waals surface area (Å²) in [7, 11) is 0. The van der Waals surface area contributed by atoms with Crippen molar-refractivity contribution in [3.63, 3.8) is 0 Å². The molecule has 1 amide bonds. The molecule has 0 saturated carbocycles. The van der Waals surface area contributed by atoms with Crippen molar-refractivity contribution in [3.8, 4) is 0 Å². The van der Waals surface area contributed by atoms with Gasteiger partial charge >= 0.3 is 0 Å². The number of aromatic nitrogens is 2. The third-order valence-corrected chi connectivity index (χ3v) is 4.94.